The SMILES string of the molecule is NCC1(c2cccc(Cl)c2O)CC(F)(F)C1. The summed E-state index contributed by atoms with van der Waals surface area (Å²) >= 11 is 5.75. The molecule has 5 heteroatoms. The van der Waals surface area contributed by atoms with E-state index >= 15 is 0 Å². The van der Waals surface area contributed by atoms with Crippen molar-refractivity contribution in [2.24, 2.45) is 5.73 Å². The maximum absolute atomic E-state index is 13.0. The molecule has 16 heavy (non-hydrogen) atoms. The van der Waals surface area contributed by atoms with Crippen LogP contribution in [0.1, 0.15) is 18.4 Å². The molecule has 1 aliphatic rings. The molecule has 88 valence electrons. The molecule has 1 aromatic carbocycles. The molecule has 0 heterocycles. The third-order valence-corrected chi connectivity index (χ3v) is 3.45. The summed E-state index contributed by atoms with van der Waals surface area (Å²) in [7, 11) is 0. The Morgan fingerprint density at radius 1 is 1.38 bits per heavy atom. The van der Waals surface area contributed by atoms with Gasteiger partial charge in [0.1, 0.15) is 5.75 Å². The smallest absolute Gasteiger partial charge is 0.250 e. The van der Waals surface area contributed by atoms with Crippen molar-refractivity contribution >= 4 is 11.6 Å². The van der Waals surface area contributed by atoms with Gasteiger partial charge in [-0.25, -0.2) is 8.78 Å². The van der Waals surface area contributed by atoms with Gasteiger partial charge < -0.3 is 10.8 Å². The van der Waals surface area contributed by atoms with Gasteiger partial charge in [0, 0.05) is 30.4 Å². The zero-order chi connectivity index (χ0) is 12.0. The van der Waals surface area contributed by atoms with Crippen LogP contribution in [0, 0.1) is 0 Å². The maximum Gasteiger partial charge on any atom is 0.250 e. The fourth-order valence-corrected chi connectivity index (χ4v) is 2.50. The molecule has 0 radical (unpaired) electrons. The molecule has 2 nitrogen and oxygen atoms in total. The monoisotopic (exact) mass is 247 g/mol. The summed E-state index contributed by atoms with van der Waals surface area (Å²) in [6, 6.07) is 4.75. The Labute approximate surface area is 97.0 Å². The van der Waals surface area contributed by atoms with Gasteiger partial charge >= 0.3 is 0 Å². The highest BCUT2D eigenvalue weighted by Crippen LogP contribution is 2.55. The number of aromatic hydroxyl groups is 1. The van der Waals surface area contributed by atoms with Gasteiger partial charge in [0.25, 0.3) is 0 Å². The van der Waals surface area contributed by atoms with E-state index in [0.29, 0.717) is 5.56 Å². The summed E-state index contributed by atoms with van der Waals surface area (Å²) in [5.74, 6) is -2.82. The van der Waals surface area contributed by atoms with Crippen molar-refractivity contribution in [1.82, 2.24) is 0 Å². The summed E-state index contributed by atoms with van der Waals surface area (Å²) < 4.78 is 25.9. The molecule has 0 bridgehead atoms. The fourth-order valence-electron chi connectivity index (χ4n) is 2.33. The van der Waals surface area contributed by atoms with Gasteiger partial charge in [-0.3, -0.25) is 0 Å². The molecule has 0 unspecified atom stereocenters. The van der Waals surface area contributed by atoms with E-state index in [9.17, 15) is 13.9 Å². The van der Waals surface area contributed by atoms with Crippen molar-refractivity contribution in [1.29, 1.82) is 0 Å². The lowest BCUT2D eigenvalue weighted by molar-refractivity contribution is -0.124. The molecule has 0 spiro atoms. The van der Waals surface area contributed by atoms with Gasteiger partial charge in [-0.1, -0.05) is 23.7 Å². The second kappa shape index (κ2) is 3.57. The van der Waals surface area contributed by atoms with E-state index in [2.05, 4.69) is 0 Å². The molecule has 0 saturated heterocycles. The summed E-state index contributed by atoms with van der Waals surface area (Å²) in [6.45, 7) is 0.0799. The van der Waals surface area contributed by atoms with E-state index in [1.807, 2.05) is 0 Å². The zero-order valence-corrected chi connectivity index (χ0v) is 9.27. The average Bonchev–Trinajstić information content (AvgIpc) is 2.18. The molecule has 1 fully saturated rings. The lowest BCUT2D eigenvalue weighted by atomic mass is 9.62. The van der Waals surface area contributed by atoms with Crippen molar-refractivity contribution in [3.05, 3.63) is 28.8 Å². The number of hydrogen-bond donors (Lipinski definition) is 2. The number of halogens is 3. The van der Waals surface area contributed by atoms with Gasteiger partial charge in [-0.15, -0.1) is 0 Å². The highest BCUT2D eigenvalue weighted by Gasteiger charge is 2.57. The second-order valence-corrected chi connectivity index (χ2v) is 4.74. The number of phenols is 1. The summed E-state index contributed by atoms with van der Waals surface area (Å²) in [5, 5.41) is 9.93. The molecule has 2 rings (SSSR count). The third kappa shape index (κ3) is 1.66. The lowest BCUT2D eigenvalue weighted by Crippen LogP contribution is -2.53. The van der Waals surface area contributed by atoms with Crippen LogP contribution in [-0.2, 0) is 5.41 Å². The van der Waals surface area contributed by atoms with Crippen LogP contribution < -0.4 is 5.73 Å². The van der Waals surface area contributed by atoms with E-state index in [4.69, 9.17) is 17.3 Å². The van der Waals surface area contributed by atoms with E-state index in [-0.39, 0.29) is 30.2 Å². The first-order valence-electron chi connectivity index (χ1n) is 4.96. The first-order chi connectivity index (χ1) is 7.40. The van der Waals surface area contributed by atoms with Crippen LogP contribution in [0.15, 0.2) is 18.2 Å². The first kappa shape index (κ1) is 11.6. The van der Waals surface area contributed by atoms with Gasteiger partial charge in [0.05, 0.1) is 5.02 Å². The van der Waals surface area contributed by atoms with Crippen molar-refractivity contribution < 1.29 is 13.9 Å². The molecule has 1 saturated carbocycles. The second-order valence-electron chi connectivity index (χ2n) is 4.33. The van der Waals surface area contributed by atoms with E-state index in [1.54, 1.807) is 12.1 Å². The predicted molar refractivity (Wildman–Crippen MR) is 58.0 cm³/mol. The Kier molecular flexibility index (Phi) is 2.59. The molecule has 1 aromatic rings. The van der Waals surface area contributed by atoms with E-state index in [0.717, 1.165) is 0 Å². The highest BCUT2D eigenvalue weighted by atomic mass is 35.5. The van der Waals surface area contributed by atoms with E-state index < -0.39 is 11.3 Å². The number of benzene rings is 1. The Balaban J connectivity index is 2.40. The molecular formula is C11H12ClF2NO. The number of hydrogen-bond acceptors (Lipinski definition) is 2. The molecule has 1 aliphatic carbocycles. The van der Waals surface area contributed by atoms with Crippen LogP contribution in [0.4, 0.5) is 8.78 Å². The third-order valence-electron chi connectivity index (χ3n) is 3.14. The average molecular weight is 248 g/mol. The maximum atomic E-state index is 13.0. The number of alkyl halides is 2. The van der Waals surface area contributed by atoms with Crippen LogP contribution in [-0.4, -0.2) is 17.6 Å². The zero-order valence-electron chi connectivity index (χ0n) is 8.51. The van der Waals surface area contributed by atoms with Crippen LogP contribution in [0.5, 0.6) is 5.75 Å². The van der Waals surface area contributed by atoms with Gasteiger partial charge in [0.2, 0.25) is 5.92 Å². The quantitative estimate of drug-likeness (QED) is 0.844. The summed E-state index contributed by atoms with van der Waals surface area (Å²) in [4.78, 5) is 0. The molecule has 0 amide bonds. The largest absolute Gasteiger partial charge is 0.506 e. The topological polar surface area (TPSA) is 46.2 Å². The van der Waals surface area contributed by atoms with Crippen molar-refractivity contribution in [3.8, 4) is 5.75 Å². The van der Waals surface area contributed by atoms with Gasteiger partial charge in [0.15, 0.2) is 0 Å². The summed E-state index contributed by atoms with van der Waals surface area (Å²) in [6.07, 6.45) is -0.658. The number of phenolic OH excluding ortho intramolecular Hbond substituents is 1. The van der Waals surface area contributed by atoms with Gasteiger partial charge in [-0.2, -0.15) is 0 Å². The Bertz CT molecular complexity index is 414. The van der Waals surface area contributed by atoms with Crippen LogP contribution in [0.2, 0.25) is 5.02 Å². The fraction of sp³-hybridized carbons (Fsp3) is 0.455. The van der Waals surface area contributed by atoms with Crippen LogP contribution in [0.3, 0.4) is 0 Å². The number of para-hydroxylation sites is 1. The minimum atomic E-state index is -2.69. The van der Waals surface area contributed by atoms with E-state index in [1.165, 1.54) is 6.07 Å². The molecule has 0 aromatic heterocycles. The van der Waals surface area contributed by atoms with Crippen molar-refractivity contribution in [2.45, 2.75) is 24.2 Å². The molecular weight excluding hydrogens is 236 g/mol. The summed E-state index contributed by atoms with van der Waals surface area (Å²) in [5.41, 5.74) is 5.14. The minimum Gasteiger partial charge on any atom is -0.506 e. The van der Waals surface area contributed by atoms with Crippen LogP contribution >= 0.6 is 11.6 Å². The minimum absolute atomic E-state index is 0.0799. The predicted octanol–water partition coefficient (Wildman–Crippen LogP) is 2.67. The Morgan fingerprint density at radius 2 is 2.00 bits per heavy atom. The number of rotatable bonds is 2. The molecule has 3 N–H and O–H groups in total. The van der Waals surface area contributed by atoms with Crippen molar-refractivity contribution in [2.75, 3.05) is 6.54 Å². The number of nitrogens with two attached hydrogens (primary N) is 1. The van der Waals surface area contributed by atoms with Crippen molar-refractivity contribution in [3.63, 3.8) is 0 Å². The Morgan fingerprint density at radius 3 is 2.50 bits per heavy atom. The Hall–Kier alpha value is -0.870. The lowest BCUT2D eigenvalue weighted by Gasteiger charge is -2.47. The standard InChI is InChI=1S/C11H12ClF2NO/c12-8-3-1-2-7(9(8)16)10(6-15)4-11(13,14)5-10/h1-3,16H,4-6,15H2. The van der Waals surface area contributed by atoms with Gasteiger partial charge in [-0.05, 0) is 6.07 Å². The normalized spacial score (nSPS) is 21.5. The highest BCUT2D eigenvalue weighted by molar-refractivity contribution is 6.32. The molecule has 0 aliphatic heterocycles. The first-order valence-corrected chi connectivity index (χ1v) is 5.34. The van der Waals surface area contributed by atoms with Crippen LogP contribution in [0.25, 0.3) is 0 Å². The molecule has 0 atom stereocenters.